The van der Waals surface area contributed by atoms with Crippen LogP contribution in [-0.2, 0) is 0 Å². The molecule has 0 aromatic carbocycles. The molecule has 1 N–H and O–H groups in total. The minimum atomic E-state index is 0.548. The largest absolute Gasteiger partial charge is 0.310 e. The lowest BCUT2D eigenvalue weighted by atomic mass is 9.76. The van der Waals surface area contributed by atoms with Crippen molar-refractivity contribution in [1.29, 1.82) is 0 Å². The average Bonchev–Trinajstić information content (AvgIpc) is 2.85. The van der Waals surface area contributed by atoms with Crippen molar-refractivity contribution in [2.75, 3.05) is 6.54 Å². The minimum absolute atomic E-state index is 0.548. The van der Waals surface area contributed by atoms with Crippen LogP contribution in [0.1, 0.15) is 58.8 Å². The summed E-state index contributed by atoms with van der Waals surface area (Å²) in [5, 5.41) is 3.74. The van der Waals surface area contributed by atoms with Crippen LogP contribution in [0, 0.1) is 5.41 Å². The summed E-state index contributed by atoms with van der Waals surface area (Å²) >= 11 is 0. The molecule has 0 heterocycles. The van der Waals surface area contributed by atoms with Gasteiger partial charge >= 0.3 is 0 Å². The summed E-state index contributed by atoms with van der Waals surface area (Å²) in [4.78, 5) is 0. The van der Waals surface area contributed by atoms with Crippen molar-refractivity contribution in [3.8, 4) is 0 Å². The Balaban J connectivity index is 2.10. The van der Waals surface area contributed by atoms with E-state index in [0.29, 0.717) is 11.5 Å². The molecule has 2 aliphatic carbocycles. The third kappa shape index (κ3) is 2.28. The second kappa shape index (κ2) is 4.69. The molecule has 1 unspecified atom stereocenters. The first-order valence-electron chi connectivity index (χ1n) is 6.68. The first-order chi connectivity index (χ1) is 7.26. The van der Waals surface area contributed by atoms with Gasteiger partial charge in [0, 0.05) is 6.04 Å². The maximum absolute atomic E-state index is 3.74. The zero-order valence-corrected chi connectivity index (χ0v) is 10.3. The van der Waals surface area contributed by atoms with Crippen molar-refractivity contribution in [2.45, 2.75) is 64.8 Å². The van der Waals surface area contributed by atoms with E-state index in [9.17, 15) is 0 Å². The third-order valence-electron chi connectivity index (χ3n) is 4.30. The first kappa shape index (κ1) is 11.2. The van der Waals surface area contributed by atoms with Gasteiger partial charge in [-0.2, -0.15) is 0 Å². The summed E-state index contributed by atoms with van der Waals surface area (Å²) in [6.07, 6.45) is 12.2. The predicted molar refractivity (Wildman–Crippen MR) is 66.0 cm³/mol. The second-order valence-corrected chi connectivity index (χ2v) is 5.52. The molecule has 0 spiro atoms. The second-order valence-electron chi connectivity index (χ2n) is 5.52. The van der Waals surface area contributed by atoms with Gasteiger partial charge in [0.1, 0.15) is 0 Å². The normalized spacial score (nSPS) is 26.7. The average molecular weight is 207 g/mol. The Bertz CT molecular complexity index is 236. The van der Waals surface area contributed by atoms with E-state index >= 15 is 0 Å². The molecule has 1 saturated carbocycles. The fraction of sp³-hybridized carbons (Fsp3) is 0.857. The summed E-state index contributed by atoms with van der Waals surface area (Å²) in [5.74, 6) is 0. The van der Waals surface area contributed by atoms with Crippen molar-refractivity contribution >= 4 is 0 Å². The lowest BCUT2D eigenvalue weighted by molar-refractivity contribution is 0.249. The molecule has 0 aliphatic heterocycles. The maximum Gasteiger partial charge on any atom is 0.0333 e. The molecular weight excluding hydrogens is 182 g/mol. The highest BCUT2D eigenvalue weighted by Crippen LogP contribution is 2.44. The number of hydrogen-bond acceptors (Lipinski definition) is 1. The van der Waals surface area contributed by atoms with Crippen molar-refractivity contribution in [2.24, 2.45) is 5.41 Å². The van der Waals surface area contributed by atoms with Crippen LogP contribution in [-0.4, -0.2) is 12.6 Å². The number of nitrogens with one attached hydrogen (secondary N) is 1. The summed E-state index contributed by atoms with van der Waals surface area (Å²) < 4.78 is 0. The van der Waals surface area contributed by atoms with Gasteiger partial charge in [-0.15, -0.1) is 0 Å². The molecule has 15 heavy (non-hydrogen) atoms. The molecular formula is C14H25N. The number of allylic oxidation sites excluding steroid dienone is 1. The topological polar surface area (TPSA) is 12.0 Å². The minimum Gasteiger partial charge on any atom is -0.310 e. The molecule has 0 amide bonds. The highest BCUT2D eigenvalue weighted by molar-refractivity contribution is 5.19. The zero-order valence-electron chi connectivity index (χ0n) is 10.3. The molecule has 0 saturated heterocycles. The molecule has 2 aliphatic rings. The Labute approximate surface area is 94.3 Å². The molecule has 0 aromatic rings. The van der Waals surface area contributed by atoms with Gasteiger partial charge in [-0.3, -0.25) is 0 Å². The quantitative estimate of drug-likeness (QED) is 0.694. The molecule has 1 heteroatoms. The van der Waals surface area contributed by atoms with Crippen LogP contribution in [0.3, 0.4) is 0 Å². The van der Waals surface area contributed by atoms with Crippen molar-refractivity contribution in [1.82, 2.24) is 5.32 Å². The van der Waals surface area contributed by atoms with Crippen LogP contribution in [0.2, 0.25) is 0 Å². The van der Waals surface area contributed by atoms with E-state index in [0.717, 1.165) is 6.54 Å². The van der Waals surface area contributed by atoms with E-state index in [1.165, 1.54) is 44.9 Å². The smallest absolute Gasteiger partial charge is 0.0333 e. The van der Waals surface area contributed by atoms with E-state index in [1.54, 1.807) is 5.57 Å². The van der Waals surface area contributed by atoms with Gasteiger partial charge in [0.25, 0.3) is 0 Å². The van der Waals surface area contributed by atoms with Gasteiger partial charge in [0.2, 0.25) is 0 Å². The van der Waals surface area contributed by atoms with Crippen LogP contribution >= 0.6 is 0 Å². The summed E-state index contributed by atoms with van der Waals surface area (Å²) in [5.41, 5.74) is 2.26. The van der Waals surface area contributed by atoms with E-state index in [-0.39, 0.29) is 0 Å². The van der Waals surface area contributed by atoms with Gasteiger partial charge in [0.15, 0.2) is 0 Å². The Morgan fingerprint density at radius 2 is 2.07 bits per heavy atom. The Hall–Kier alpha value is -0.300. The summed E-state index contributed by atoms with van der Waals surface area (Å²) in [7, 11) is 0. The zero-order chi connectivity index (χ0) is 10.7. The molecule has 0 bridgehead atoms. The van der Waals surface area contributed by atoms with Crippen LogP contribution in [0.25, 0.3) is 0 Å². The predicted octanol–water partition coefficient (Wildman–Crippen LogP) is 3.66. The van der Waals surface area contributed by atoms with E-state index in [4.69, 9.17) is 0 Å². The fourth-order valence-electron chi connectivity index (χ4n) is 3.46. The van der Waals surface area contributed by atoms with Crippen molar-refractivity contribution in [3.63, 3.8) is 0 Å². The van der Waals surface area contributed by atoms with Crippen molar-refractivity contribution in [3.05, 3.63) is 11.6 Å². The van der Waals surface area contributed by atoms with Crippen LogP contribution < -0.4 is 5.32 Å². The molecule has 0 radical (unpaired) electrons. The van der Waals surface area contributed by atoms with Gasteiger partial charge < -0.3 is 5.32 Å². The Morgan fingerprint density at radius 1 is 1.33 bits per heavy atom. The highest BCUT2D eigenvalue weighted by atomic mass is 14.9. The fourth-order valence-corrected chi connectivity index (χ4v) is 3.46. The van der Waals surface area contributed by atoms with E-state index in [2.05, 4.69) is 25.2 Å². The summed E-state index contributed by atoms with van der Waals surface area (Å²) in [6.45, 7) is 5.84. The molecule has 0 aromatic heterocycles. The standard InChI is InChI=1S/C14H25N/c1-3-15-13(12-8-4-5-9-12)14(2)10-6-7-11-14/h8,13,15H,3-7,9-11H2,1-2H3. The first-order valence-corrected chi connectivity index (χ1v) is 6.68. The molecule has 2 rings (SSSR count). The summed E-state index contributed by atoms with van der Waals surface area (Å²) in [6, 6.07) is 0.674. The van der Waals surface area contributed by atoms with Gasteiger partial charge in [-0.25, -0.2) is 0 Å². The van der Waals surface area contributed by atoms with Crippen LogP contribution in [0.15, 0.2) is 11.6 Å². The van der Waals surface area contributed by atoms with E-state index < -0.39 is 0 Å². The lowest BCUT2D eigenvalue weighted by Gasteiger charge is -2.36. The third-order valence-corrected chi connectivity index (χ3v) is 4.30. The highest BCUT2D eigenvalue weighted by Gasteiger charge is 2.38. The van der Waals surface area contributed by atoms with Gasteiger partial charge in [-0.05, 0) is 44.1 Å². The number of hydrogen-bond donors (Lipinski definition) is 1. The van der Waals surface area contributed by atoms with Gasteiger partial charge in [0.05, 0.1) is 0 Å². The van der Waals surface area contributed by atoms with Crippen LogP contribution in [0.4, 0.5) is 0 Å². The molecule has 1 atom stereocenters. The monoisotopic (exact) mass is 207 g/mol. The van der Waals surface area contributed by atoms with Crippen molar-refractivity contribution < 1.29 is 0 Å². The SMILES string of the molecule is CCNC(C1=CCCC1)C1(C)CCCC1. The lowest BCUT2D eigenvalue weighted by Crippen LogP contribution is -2.43. The molecule has 86 valence electrons. The van der Waals surface area contributed by atoms with Gasteiger partial charge in [-0.1, -0.05) is 38.3 Å². The Kier molecular flexibility index (Phi) is 3.50. The van der Waals surface area contributed by atoms with Crippen LogP contribution in [0.5, 0.6) is 0 Å². The molecule has 1 nitrogen and oxygen atoms in total. The Morgan fingerprint density at radius 3 is 2.60 bits per heavy atom. The maximum atomic E-state index is 3.74. The molecule has 1 fully saturated rings. The number of likely N-dealkylation sites (N-methyl/N-ethyl adjacent to an activating group) is 1. The number of rotatable bonds is 4. The van der Waals surface area contributed by atoms with E-state index in [1.807, 2.05) is 0 Å².